The molecule has 0 fully saturated rings. The summed E-state index contributed by atoms with van der Waals surface area (Å²) in [6, 6.07) is 0. The van der Waals surface area contributed by atoms with E-state index in [0.29, 0.717) is 0 Å². The van der Waals surface area contributed by atoms with Crippen molar-refractivity contribution in [2.24, 2.45) is 0 Å². The van der Waals surface area contributed by atoms with Crippen molar-refractivity contribution >= 4 is 14.2 Å². The zero-order valence-electron chi connectivity index (χ0n) is 8.54. The third kappa shape index (κ3) is 5.78. The summed E-state index contributed by atoms with van der Waals surface area (Å²) in [4.78, 5) is 27.7. The molecule has 9 heteroatoms. The van der Waals surface area contributed by atoms with E-state index in [4.69, 9.17) is 20.0 Å². The molecule has 8 nitrogen and oxygen atoms in total. The maximum atomic E-state index is 10.1. The van der Waals surface area contributed by atoms with Crippen LogP contribution in [-0.2, 0) is 9.32 Å². The van der Waals surface area contributed by atoms with E-state index in [1.165, 1.54) is 0 Å². The maximum Gasteiger partial charge on any atom is 0.403 e. The summed E-state index contributed by atoms with van der Waals surface area (Å²) in [7, 11) is -3.55. The smallest absolute Gasteiger partial charge is 0.388 e. The Morgan fingerprint density at radius 1 is 1.19 bits per heavy atom. The highest BCUT2D eigenvalue weighted by molar-refractivity contribution is 7.58. The Balaban J connectivity index is 4.17. The van der Waals surface area contributed by atoms with Crippen LogP contribution in [0.15, 0.2) is 0 Å². The van der Waals surface area contributed by atoms with Crippen LogP contribution < -0.4 is 0 Å². The number of carbonyl (C=O) groups is 1. The summed E-state index contributed by atoms with van der Waals surface area (Å²) in [5, 5.41) is 36.4. The highest BCUT2D eigenvalue weighted by Crippen LogP contribution is 2.46. The van der Waals surface area contributed by atoms with Crippen molar-refractivity contribution < 1.29 is 39.5 Å². The minimum absolute atomic E-state index is 0.00331. The number of hydrogen-bond acceptors (Lipinski definition) is 8. The molecule has 0 saturated heterocycles. The van der Waals surface area contributed by atoms with Gasteiger partial charge in [0.25, 0.3) is 0 Å². The summed E-state index contributed by atoms with van der Waals surface area (Å²) in [6.07, 6.45) is -7.22. The maximum absolute atomic E-state index is 10.1. The van der Waals surface area contributed by atoms with E-state index in [1.807, 2.05) is 0 Å². The van der Waals surface area contributed by atoms with E-state index >= 15 is 0 Å². The fourth-order valence-electron chi connectivity index (χ4n) is 0.826. The molecule has 96 valence electrons. The molecule has 0 rings (SSSR count). The molecule has 0 amide bonds. The second-order valence-electron chi connectivity index (χ2n) is 3.31. The Kier molecular flexibility index (Phi) is 6.46. The number of aliphatic hydroxyl groups excluding tert-OH is 4. The van der Waals surface area contributed by atoms with Crippen molar-refractivity contribution in [3.8, 4) is 0 Å². The third-order valence-electron chi connectivity index (χ3n) is 1.72. The Morgan fingerprint density at radius 3 is 2.06 bits per heavy atom. The van der Waals surface area contributed by atoms with Gasteiger partial charge in [0.05, 0.1) is 0 Å². The van der Waals surface area contributed by atoms with Crippen LogP contribution in [0, 0.1) is 0 Å². The van der Waals surface area contributed by atoms with Gasteiger partial charge < -0.3 is 25.2 Å². The molecular formula is C7H16O8P+. The number of aldehydes is 1. The molecule has 4 atom stereocenters. The predicted molar refractivity (Wildman–Crippen MR) is 53.3 cm³/mol. The van der Waals surface area contributed by atoms with E-state index in [0.717, 1.165) is 6.66 Å². The SMILES string of the molecule is C[P+](O)(O)OC[C@@H](O)[C@@H](O)[C@H](O)[C@@H](O)C=O. The van der Waals surface area contributed by atoms with Crippen LogP contribution in [0.4, 0.5) is 0 Å². The average Bonchev–Trinajstić information content (AvgIpc) is 2.21. The second-order valence-corrected chi connectivity index (χ2v) is 5.24. The van der Waals surface area contributed by atoms with Crippen LogP contribution in [0.5, 0.6) is 0 Å². The minimum Gasteiger partial charge on any atom is -0.388 e. The van der Waals surface area contributed by atoms with Crippen LogP contribution in [0.25, 0.3) is 0 Å². The van der Waals surface area contributed by atoms with Crippen LogP contribution in [0.3, 0.4) is 0 Å². The largest absolute Gasteiger partial charge is 0.403 e. The summed E-state index contributed by atoms with van der Waals surface area (Å²) in [5.74, 6) is 0. The number of hydrogen-bond donors (Lipinski definition) is 6. The number of rotatable bonds is 7. The molecule has 0 unspecified atom stereocenters. The predicted octanol–water partition coefficient (Wildman–Crippen LogP) is -2.98. The Bertz CT molecular complexity index is 217. The van der Waals surface area contributed by atoms with Crippen molar-refractivity contribution in [1.29, 1.82) is 0 Å². The lowest BCUT2D eigenvalue weighted by Crippen LogP contribution is -2.46. The first-order chi connectivity index (χ1) is 7.19. The van der Waals surface area contributed by atoms with Gasteiger partial charge in [-0.1, -0.05) is 0 Å². The molecule has 0 aromatic carbocycles. The Labute approximate surface area is 92.3 Å². The van der Waals surface area contributed by atoms with Gasteiger partial charge in [-0.25, -0.2) is 0 Å². The molecular weight excluding hydrogens is 243 g/mol. The summed E-state index contributed by atoms with van der Waals surface area (Å²) in [6.45, 7) is 0.337. The summed E-state index contributed by atoms with van der Waals surface area (Å²) < 4.78 is 4.41. The Hall–Kier alpha value is -0.180. The van der Waals surface area contributed by atoms with Gasteiger partial charge in [-0.2, -0.15) is 14.3 Å². The van der Waals surface area contributed by atoms with Gasteiger partial charge in [0.1, 0.15) is 37.7 Å². The van der Waals surface area contributed by atoms with E-state index in [1.54, 1.807) is 0 Å². The number of carbonyl (C=O) groups excluding carboxylic acids is 1. The molecule has 0 spiro atoms. The van der Waals surface area contributed by atoms with E-state index in [-0.39, 0.29) is 6.29 Å². The van der Waals surface area contributed by atoms with Crippen molar-refractivity contribution in [2.45, 2.75) is 24.4 Å². The zero-order chi connectivity index (χ0) is 12.9. The molecule has 0 heterocycles. The standard InChI is InChI=1S/C7H16O8P/c1-16(13,14)15-3-5(10)7(12)6(11)4(9)2-8/h2,4-7,9-14H,3H2,1H3/q+1/t4-,5+,6+,7+/m0/s1. The first kappa shape index (κ1) is 15.8. The summed E-state index contributed by atoms with van der Waals surface area (Å²) >= 11 is 0. The molecule has 0 aliphatic heterocycles. The molecule has 0 aromatic heterocycles. The monoisotopic (exact) mass is 259 g/mol. The highest BCUT2D eigenvalue weighted by atomic mass is 31.2. The molecule has 16 heavy (non-hydrogen) atoms. The first-order valence-corrected chi connectivity index (χ1v) is 6.39. The van der Waals surface area contributed by atoms with E-state index in [9.17, 15) is 15.0 Å². The minimum atomic E-state index is -3.55. The van der Waals surface area contributed by atoms with Crippen molar-refractivity contribution in [3.05, 3.63) is 0 Å². The lowest BCUT2D eigenvalue weighted by atomic mass is 10.0. The van der Waals surface area contributed by atoms with Gasteiger partial charge in [-0.05, 0) is 0 Å². The lowest BCUT2D eigenvalue weighted by molar-refractivity contribution is -0.136. The third-order valence-corrected chi connectivity index (χ3v) is 2.36. The molecule has 0 aliphatic carbocycles. The molecule has 0 bridgehead atoms. The highest BCUT2D eigenvalue weighted by Gasteiger charge is 2.34. The molecule has 0 aromatic rings. The fourth-order valence-corrected chi connectivity index (χ4v) is 1.26. The zero-order valence-corrected chi connectivity index (χ0v) is 9.44. The topological polar surface area (TPSA) is 148 Å². The van der Waals surface area contributed by atoms with Gasteiger partial charge in [0.15, 0.2) is 6.29 Å². The lowest BCUT2D eigenvalue weighted by Gasteiger charge is -2.23. The van der Waals surface area contributed by atoms with E-state index in [2.05, 4.69) is 4.52 Å². The van der Waals surface area contributed by atoms with Gasteiger partial charge in [-0.3, -0.25) is 0 Å². The van der Waals surface area contributed by atoms with Crippen LogP contribution >= 0.6 is 7.94 Å². The molecule has 0 aliphatic rings. The second kappa shape index (κ2) is 6.53. The van der Waals surface area contributed by atoms with Gasteiger partial charge >= 0.3 is 7.94 Å². The van der Waals surface area contributed by atoms with Gasteiger partial charge in [0, 0.05) is 0 Å². The molecule has 0 saturated carbocycles. The van der Waals surface area contributed by atoms with Gasteiger partial charge in [-0.15, -0.1) is 0 Å². The van der Waals surface area contributed by atoms with Crippen molar-refractivity contribution in [2.75, 3.05) is 13.3 Å². The quantitative estimate of drug-likeness (QED) is 0.210. The van der Waals surface area contributed by atoms with Crippen LogP contribution in [0.1, 0.15) is 0 Å². The fraction of sp³-hybridized carbons (Fsp3) is 0.857. The normalized spacial score (nSPS) is 19.9. The van der Waals surface area contributed by atoms with Crippen molar-refractivity contribution in [3.63, 3.8) is 0 Å². The van der Waals surface area contributed by atoms with E-state index < -0.39 is 39.0 Å². The van der Waals surface area contributed by atoms with Crippen LogP contribution in [-0.4, -0.2) is 74.2 Å². The van der Waals surface area contributed by atoms with Gasteiger partial charge in [0.2, 0.25) is 0 Å². The van der Waals surface area contributed by atoms with Crippen LogP contribution in [0.2, 0.25) is 0 Å². The average molecular weight is 259 g/mol. The summed E-state index contributed by atoms with van der Waals surface area (Å²) in [5.41, 5.74) is 0. The molecule has 0 radical (unpaired) electrons. The Morgan fingerprint density at radius 2 is 1.69 bits per heavy atom. The molecule has 6 N–H and O–H groups in total. The number of aliphatic hydroxyl groups is 4. The first-order valence-electron chi connectivity index (χ1n) is 4.33. The van der Waals surface area contributed by atoms with Crippen molar-refractivity contribution in [1.82, 2.24) is 0 Å².